The zero-order valence-corrected chi connectivity index (χ0v) is 9.48. The molecule has 0 aliphatic heterocycles. The van der Waals surface area contributed by atoms with Gasteiger partial charge in [-0.25, -0.2) is 4.98 Å². The molecule has 0 unspecified atom stereocenters. The van der Waals surface area contributed by atoms with E-state index in [2.05, 4.69) is 9.97 Å². The van der Waals surface area contributed by atoms with Crippen molar-refractivity contribution in [3.05, 3.63) is 41.3 Å². The molecule has 0 bridgehead atoms. The largest absolute Gasteiger partial charge is 0.397 e. The highest BCUT2D eigenvalue weighted by Crippen LogP contribution is 2.26. The highest BCUT2D eigenvalue weighted by atomic mass is 35.5. The third-order valence-electron chi connectivity index (χ3n) is 2.18. The number of nitrogens with zero attached hydrogens (tertiary/aromatic N) is 2. The highest BCUT2D eigenvalue weighted by molar-refractivity contribution is 6.33. The summed E-state index contributed by atoms with van der Waals surface area (Å²) in [6.45, 7) is 0. The van der Waals surface area contributed by atoms with Gasteiger partial charge >= 0.3 is 0 Å². The summed E-state index contributed by atoms with van der Waals surface area (Å²) in [7, 11) is 0. The van der Waals surface area contributed by atoms with E-state index < -0.39 is 5.91 Å². The van der Waals surface area contributed by atoms with Crippen LogP contribution in [0.25, 0.3) is 11.3 Å². The summed E-state index contributed by atoms with van der Waals surface area (Å²) in [5.41, 5.74) is 12.2. The molecular weight excluding hydrogens is 240 g/mol. The number of aromatic nitrogens is 2. The van der Waals surface area contributed by atoms with Crippen LogP contribution in [-0.4, -0.2) is 15.9 Å². The van der Waals surface area contributed by atoms with Gasteiger partial charge in [0.05, 0.1) is 16.4 Å². The minimum absolute atomic E-state index is 0.0424. The molecule has 2 aromatic rings. The fraction of sp³-hybridized carbons (Fsp3) is 0. The quantitative estimate of drug-likeness (QED) is 0.841. The summed E-state index contributed by atoms with van der Waals surface area (Å²) in [4.78, 5) is 19.0. The number of hydrogen-bond donors (Lipinski definition) is 2. The number of amides is 1. The second kappa shape index (κ2) is 4.39. The first-order valence-electron chi connectivity index (χ1n) is 4.76. The minimum Gasteiger partial charge on any atom is -0.397 e. The predicted molar refractivity (Wildman–Crippen MR) is 65.4 cm³/mol. The Morgan fingerprint density at radius 1 is 1.35 bits per heavy atom. The topological polar surface area (TPSA) is 94.9 Å². The summed E-state index contributed by atoms with van der Waals surface area (Å²) < 4.78 is 0. The summed E-state index contributed by atoms with van der Waals surface area (Å²) in [5, 5.41) is 0.487. The van der Waals surface area contributed by atoms with Crippen LogP contribution in [-0.2, 0) is 0 Å². The monoisotopic (exact) mass is 248 g/mol. The van der Waals surface area contributed by atoms with Gasteiger partial charge in [0.1, 0.15) is 0 Å². The van der Waals surface area contributed by atoms with Crippen molar-refractivity contribution in [2.45, 2.75) is 0 Å². The van der Waals surface area contributed by atoms with Crippen LogP contribution in [0.2, 0.25) is 5.02 Å². The van der Waals surface area contributed by atoms with Crippen molar-refractivity contribution in [1.29, 1.82) is 0 Å². The molecular formula is C11H9ClN4O. The Bertz CT molecular complexity index is 585. The number of primary amides is 1. The summed E-state index contributed by atoms with van der Waals surface area (Å²) in [6.07, 6.45) is 3.07. The van der Waals surface area contributed by atoms with Gasteiger partial charge in [-0.05, 0) is 18.2 Å². The summed E-state index contributed by atoms with van der Waals surface area (Å²) in [5.74, 6) is -0.666. The van der Waals surface area contributed by atoms with E-state index in [1.54, 1.807) is 24.4 Å². The molecule has 17 heavy (non-hydrogen) atoms. The van der Waals surface area contributed by atoms with E-state index in [0.29, 0.717) is 16.3 Å². The molecule has 0 atom stereocenters. The smallest absolute Gasteiger partial charge is 0.269 e. The van der Waals surface area contributed by atoms with Gasteiger partial charge in [-0.15, -0.1) is 0 Å². The molecule has 2 aromatic heterocycles. The SMILES string of the molecule is NC(=O)c1ncc(-c2ncccc2Cl)cc1N. The molecule has 0 saturated carbocycles. The first kappa shape index (κ1) is 11.3. The molecule has 2 rings (SSSR count). The normalized spacial score (nSPS) is 10.2. The molecule has 2 heterocycles. The standard InChI is InChI=1S/C11H9ClN4O/c12-7-2-1-3-15-9(7)6-4-8(13)10(11(14)17)16-5-6/h1-5H,13H2,(H2,14,17). The summed E-state index contributed by atoms with van der Waals surface area (Å²) >= 11 is 5.99. The number of halogens is 1. The molecule has 86 valence electrons. The first-order valence-corrected chi connectivity index (χ1v) is 5.13. The Labute approximate surface area is 102 Å². The molecule has 1 amide bonds. The van der Waals surface area contributed by atoms with Crippen molar-refractivity contribution in [1.82, 2.24) is 9.97 Å². The zero-order valence-electron chi connectivity index (χ0n) is 8.72. The number of pyridine rings is 2. The molecule has 0 saturated heterocycles. The van der Waals surface area contributed by atoms with Crippen LogP contribution in [0.15, 0.2) is 30.6 Å². The van der Waals surface area contributed by atoms with Gasteiger partial charge in [-0.2, -0.15) is 0 Å². The third kappa shape index (κ3) is 2.19. The van der Waals surface area contributed by atoms with Gasteiger partial charge in [0.25, 0.3) is 5.91 Å². The first-order chi connectivity index (χ1) is 8.09. The van der Waals surface area contributed by atoms with Crippen molar-refractivity contribution in [3.8, 4) is 11.3 Å². The molecule has 0 aliphatic carbocycles. The lowest BCUT2D eigenvalue weighted by Crippen LogP contribution is -2.15. The van der Waals surface area contributed by atoms with Gasteiger partial charge < -0.3 is 11.5 Å². The van der Waals surface area contributed by atoms with Crippen LogP contribution in [0.3, 0.4) is 0 Å². The molecule has 0 aliphatic rings. The maximum Gasteiger partial charge on any atom is 0.269 e. The lowest BCUT2D eigenvalue weighted by Gasteiger charge is -2.05. The van der Waals surface area contributed by atoms with Crippen LogP contribution >= 0.6 is 11.6 Å². The van der Waals surface area contributed by atoms with Gasteiger partial charge in [0.2, 0.25) is 0 Å². The fourth-order valence-electron chi connectivity index (χ4n) is 1.42. The van der Waals surface area contributed by atoms with E-state index in [0.717, 1.165) is 0 Å². The van der Waals surface area contributed by atoms with Gasteiger partial charge in [0, 0.05) is 18.0 Å². The molecule has 0 fully saturated rings. The second-order valence-corrected chi connectivity index (χ2v) is 3.77. The van der Waals surface area contributed by atoms with Crippen molar-refractivity contribution in [2.75, 3.05) is 5.73 Å². The molecule has 0 aromatic carbocycles. The van der Waals surface area contributed by atoms with E-state index in [9.17, 15) is 4.79 Å². The summed E-state index contributed by atoms with van der Waals surface area (Å²) in [6, 6.07) is 5.00. The number of carbonyl (C=O) groups is 1. The average Bonchev–Trinajstić information content (AvgIpc) is 2.29. The van der Waals surface area contributed by atoms with Crippen LogP contribution in [0.5, 0.6) is 0 Å². The van der Waals surface area contributed by atoms with E-state index in [4.69, 9.17) is 23.1 Å². The number of anilines is 1. The van der Waals surface area contributed by atoms with Crippen molar-refractivity contribution in [2.24, 2.45) is 5.73 Å². The van der Waals surface area contributed by atoms with Crippen molar-refractivity contribution in [3.63, 3.8) is 0 Å². The fourth-order valence-corrected chi connectivity index (χ4v) is 1.65. The Morgan fingerprint density at radius 3 is 2.71 bits per heavy atom. The highest BCUT2D eigenvalue weighted by Gasteiger charge is 2.11. The number of carbonyl (C=O) groups excluding carboxylic acids is 1. The molecule has 4 N–H and O–H groups in total. The van der Waals surface area contributed by atoms with Crippen molar-refractivity contribution < 1.29 is 4.79 Å². The van der Waals surface area contributed by atoms with E-state index >= 15 is 0 Å². The Morgan fingerprint density at radius 2 is 2.12 bits per heavy atom. The van der Waals surface area contributed by atoms with Crippen molar-refractivity contribution >= 4 is 23.2 Å². The van der Waals surface area contributed by atoms with Gasteiger partial charge in [0.15, 0.2) is 5.69 Å². The maximum atomic E-state index is 11.0. The molecule has 0 radical (unpaired) electrons. The Balaban J connectivity index is 2.52. The van der Waals surface area contributed by atoms with E-state index in [1.807, 2.05) is 0 Å². The van der Waals surface area contributed by atoms with Crippen LogP contribution in [0.1, 0.15) is 10.5 Å². The predicted octanol–water partition coefficient (Wildman–Crippen LogP) is 1.48. The second-order valence-electron chi connectivity index (χ2n) is 3.36. The lowest BCUT2D eigenvalue weighted by molar-refractivity contribution is 0.0996. The van der Waals surface area contributed by atoms with Crippen LogP contribution < -0.4 is 11.5 Å². The number of nitrogen functional groups attached to an aromatic ring is 1. The molecule has 6 heteroatoms. The van der Waals surface area contributed by atoms with E-state index in [-0.39, 0.29) is 11.4 Å². The minimum atomic E-state index is -0.666. The van der Waals surface area contributed by atoms with E-state index in [1.165, 1.54) is 6.20 Å². The van der Waals surface area contributed by atoms with Crippen LogP contribution in [0.4, 0.5) is 5.69 Å². The van der Waals surface area contributed by atoms with Gasteiger partial charge in [-0.3, -0.25) is 9.78 Å². The zero-order chi connectivity index (χ0) is 12.4. The lowest BCUT2D eigenvalue weighted by atomic mass is 10.1. The molecule has 0 spiro atoms. The Hall–Kier alpha value is -2.14. The maximum absolute atomic E-state index is 11.0. The number of rotatable bonds is 2. The van der Waals surface area contributed by atoms with Crippen LogP contribution in [0, 0.1) is 0 Å². The van der Waals surface area contributed by atoms with Gasteiger partial charge in [-0.1, -0.05) is 11.6 Å². The average molecular weight is 249 g/mol. The Kier molecular flexibility index (Phi) is 2.93. The molecule has 5 nitrogen and oxygen atoms in total. The third-order valence-corrected chi connectivity index (χ3v) is 2.49. The number of hydrogen-bond acceptors (Lipinski definition) is 4. The number of nitrogens with two attached hydrogens (primary N) is 2.